The molecule has 4 aromatic rings. The Morgan fingerprint density at radius 1 is 0.718 bits per heavy atom. The Balaban J connectivity index is 0.000000216. The van der Waals surface area contributed by atoms with E-state index < -0.39 is 34.4 Å². The smallest absolute Gasteiger partial charge is 0.345 e. The molecule has 0 fully saturated rings. The molecule has 0 saturated carbocycles. The molecule has 0 atom stereocenters. The van der Waals surface area contributed by atoms with Gasteiger partial charge in [0.05, 0.1) is 11.4 Å². The number of pyridine rings is 2. The van der Waals surface area contributed by atoms with E-state index in [1.54, 1.807) is 6.92 Å². The van der Waals surface area contributed by atoms with E-state index >= 15 is 0 Å². The van der Waals surface area contributed by atoms with E-state index in [0.717, 1.165) is 27.8 Å². The fraction of sp³-hybridized carbons (Fsp3) is 0.200. The number of aryl methyl sites for hydroxylation is 3. The molecule has 0 bridgehead atoms. The van der Waals surface area contributed by atoms with Crippen molar-refractivity contribution in [2.24, 2.45) is 0 Å². The highest BCUT2D eigenvalue weighted by molar-refractivity contribution is 5.92. The lowest BCUT2D eigenvalue weighted by molar-refractivity contribution is 0.0682. The first-order chi connectivity index (χ1) is 18.5. The maximum absolute atomic E-state index is 11.8. The monoisotopic (exact) mass is 530 g/mol. The third kappa shape index (κ3) is 6.32. The molecule has 9 nitrogen and oxygen atoms in total. The molecule has 5 N–H and O–H groups in total. The number of aromatic hydroxyl groups is 1. The minimum Gasteiger partial charge on any atom is -0.506 e. The Hall–Kier alpha value is -4.92. The molecule has 0 spiro atoms. The van der Waals surface area contributed by atoms with Crippen molar-refractivity contribution < 1.29 is 24.9 Å². The maximum atomic E-state index is 11.8. The minimum absolute atomic E-state index is 0.215. The number of rotatable bonds is 6. The number of carbonyl (C=O) groups is 2. The first-order valence-electron chi connectivity index (χ1n) is 12.3. The fourth-order valence-corrected chi connectivity index (χ4v) is 4.13. The molecule has 2 aromatic heterocycles. The zero-order chi connectivity index (χ0) is 28.9. The van der Waals surface area contributed by atoms with Gasteiger partial charge in [-0.2, -0.15) is 0 Å². The van der Waals surface area contributed by atoms with E-state index in [4.69, 9.17) is 10.2 Å². The van der Waals surface area contributed by atoms with Crippen LogP contribution in [0.5, 0.6) is 5.75 Å². The van der Waals surface area contributed by atoms with E-state index in [9.17, 15) is 24.3 Å². The van der Waals surface area contributed by atoms with Crippen molar-refractivity contribution in [3.8, 4) is 28.3 Å². The van der Waals surface area contributed by atoms with Crippen LogP contribution >= 0.6 is 0 Å². The summed E-state index contributed by atoms with van der Waals surface area (Å²) in [4.78, 5) is 50.8. The standard InChI is InChI=1S/C15H15NO4.C15H15NO3/c1-3-10-12(9-6-4-8(2)5-7-9)16-14(18)11(13(10)17)15(19)20;1-3-10-8-12(15(18)19)14(17)16-13(10)11-6-4-9(2)5-7-11/h4-7H,3H2,1-2H3,(H,19,20)(H2,16,17,18);4-8H,3H2,1-2H3,(H,16,17)(H,18,19). The molecular weight excluding hydrogens is 500 g/mol. The van der Waals surface area contributed by atoms with Crippen LogP contribution in [-0.2, 0) is 12.8 Å². The lowest BCUT2D eigenvalue weighted by Crippen LogP contribution is -2.20. The number of benzene rings is 2. The Labute approximate surface area is 224 Å². The average Bonchev–Trinajstić information content (AvgIpc) is 2.89. The van der Waals surface area contributed by atoms with Crippen LogP contribution in [0, 0.1) is 13.8 Å². The van der Waals surface area contributed by atoms with Gasteiger partial charge in [0.2, 0.25) is 0 Å². The topological polar surface area (TPSA) is 161 Å². The lowest BCUT2D eigenvalue weighted by Gasteiger charge is -2.12. The van der Waals surface area contributed by atoms with Crippen LogP contribution in [-0.4, -0.2) is 37.2 Å². The number of carboxylic acids is 2. The Morgan fingerprint density at radius 2 is 1.21 bits per heavy atom. The summed E-state index contributed by atoms with van der Waals surface area (Å²) in [7, 11) is 0. The summed E-state index contributed by atoms with van der Waals surface area (Å²) in [5, 5.41) is 28.0. The molecule has 0 amide bonds. The van der Waals surface area contributed by atoms with Crippen molar-refractivity contribution in [2.75, 3.05) is 0 Å². The van der Waals surface area contributed by atoms with Gasteiger partial charge in [-0.1, -0.05) is 73.5 Å². The number of aromatic carboxylic acids is 2. The molecule has 202 valence electrons. The summed E-state index contributed by atoms with van der Waals surface area (Å²) in [5.41, 5.74) is 4.01. The predicted octanol–water partition coefficient (Wildman–Crippen LogP) is 4.93. The van der Waals surface area contributed by atoms with Gasteiger partial charge in [0.15, 0.2) is 5.56 Å². The second-order valence-corrected chi connectivity index (χ2v) is 8.99. The molecular formula is C30H30N2O7. The second-order valence-electron chi connectivity index (χ2n) is 8.99. The van der Waals surface area contributed by atoms with Crippen LogP contribution < -0.4 is 11.1 Å². The van der Waals surface area contributed by atoms with E-state index in [0.29, 0.717) is 29.8 Å². The summed E-state index contributed by atoms with van der Waals surface area (Å²) < 4.78 is 0. The van der Waals surface area contributed by atoms with Gasteiger partial charge in [-0.25, -0.2) is 9.59 Å². The van der Waals surface area contributed by atoms with Crippen molar-refractivity contribution in [3.05, 3.63) is 109 Å². The molecule has 0 aliphatic carbocycles. The molecule has 0 aliphatic rings. The zero-order valence-corrected chi connectivity index (χ0v) is 22.1. The van der Waals surface area contributed by atoms with E-state index in [1.807, 2.05) is 69.3 Å². The molecule has 4 rings (SSSR count). The van der Waals surface area contributed by atoms with Gasteiger partial charge in [-0.05, 0) is 49.4 Å². The van der Waals surface area contributed by atoms with Crippen LogP contribution in [0.2, 0.25) is 0 Å². The number of hydrogen-bond donors (Lipinski definition) is 5. The van der Waals surface area contributed by atoms with Crippen LogP contribution in [0.25, 0.3) is 22.5 Å². The molecule has 9 heteroatoms. The number of hydrogen-bond acceptors (Lipinski definition) is 5. The van der Waals surface area contributed by atoms with Crippen molar-refractivity contribution >= 4 is 11.9 Å². The molecule has 0 unspecified atom stereocenters. The van der Waals surface area contributed by atoms with Gasteiger partial charge >= 0.3 is 11.9 Å². The molecule has 0 saturated heterocycles. The van der Waals surface area contributed by atoms with Gasteiger partial charge in [-0.15, -0.1) is 0 Å². The third-order valence-electron chi connectivity index (χ3n) is 6.27. The summed E-state index contributed by atoms with van der Waals surface area (Å²) in [6, 6.07) is 16.6. The quantitative estimate of drug-likeness (QED) is 0.236. The van der Waals surface area contributed by atoms with E-state index in [1.165, 1.54) is 6.07 Å². The first-order valence-corrected chi connectivity index (χ1v) is 12.3. The number of aromatic nitrogens is 2. The number of carboxylic acid groups (broad SMARTS) is 2. The van der Waals surface area contributed by atoms with Crippen LogP contribution in [0.3, 0.4) is 0 Å². The van der Waals surface area contributed by atoms with E-state index in [2.05, 4.69) is 9.97 Å². The van der Waals surface area contributed by atoms with Crippen molar-refractivity contribution in [1.29, 1.82) is 0 Å². The van der Waals surface area contributed by atoms with Gasteiger partial charge in [0.1, 0.15) is 11.3 Å². The van der Waals surface area contributed by atoms with Gasteiger partial charge in [0.25, 0.3) is 11.1 Å². The highest BCUT2D eigenvalue weighted by Crippen LogP contribution is 2.30. The van der Waals surface area contributed by atoms with Crippen LogP contribution in [0.4, 0.5) is 0 Å². The zero-order valence-electron chi connectivity index (χ0n) is 22.1. The third-order valence-corrected chi connectivity index (χ3v) is 6.27. The lowest BCUT2D eigenvalue weighted by atomic mass is 10.00. The van der Waals surface area contributed by atoms with Gasteiger partial charge < -0.3 is 25.3 Å². The Bertz CT molecular complexity index is 1630. The molecule has 0 radical (unpaired) electrons. The maximum Gasteiger partial charge on any atom is 0.345 e. The number of aromatic amines is 2. The van der Waals surface area contributed by atoms with Gasteiger partial charge in [0, 0.05) is 5.56 Å². The van der Waals surface area contributed by atoms with Gasteiger partial charge in [-0.3, -0.25) is 9.59 Å². The second kappa shape index (κ2) is 12.1. The highest BCUT2D eigenvalue weighted by atomic mass is 16.4. The summed E-state index contributed by atoms with van der Waals surface area (Å²) >= 11 is 0. The highest BCUT2D eigenvalue weighted by Gasteiger charge is 2.21. The number of nitrogens with one attached hydrogen (secondary N) is 2. The van der Waals surface area contributed by atoms with Crippen LogP contribution in [0.15, 0.2) is 64.2 Å². The van der Waals surface area contributed by atoms with Crippen LogP contribution in [0.1, 0.15) is 56.8 Å². The first kappa shape index (κ1) is 28.6. The Kier molecular flexibility index (Phi) is 8.88. The van der Waals surface area contributed by atoms with Crippen molar-refractivity contribution in [1.82, 2.24) is 9.97 Å². The SMILES string of the molecule is CCc1c(-c2ccc(C)cc2)[nH]c(=O)c(C(=O)O)c1O.CCc1cc(C(=O)O)c(=O)[nH]c1-c1ccc(C)cc1. The largest absolute Gasteiger partial charge is 0.506 e. The summed E-state index contributed by atoms with van der Waals surface area (Å²) in [6.07, 6.45) is 1.06. The van der Waals surface area contributed by atoms with Crippen molar-refractivity contribution in [2.45, 2.75) is 40.5 Å². The summed E-state index contributed by atoms with van der Waals surface area (Å²) in [6.45, 7) is 7.65. The average molecular weight is 531 g/mol. The Morgan fingerprint density at radius 3 is 1.64 bits per heavy atom. The predicted molar refractivity (Wildman–Crippen MR) is 149 cm³/mol. The normalized spacial score (nSPS) is 10.5. The minimum atomic E-state index is -1.44. The number of H-pyrrole nitrogens is 2. The molecule has 2 heterocycles. The van der Waals surface area contributed by atoms with E-state index in [-0.39, 0.29) is 5.56 Å². The van der Waals surface area contributed by atoms with Crippen molar-refractivity contribution in [3.63, 3.8) is 0 Å². The molecule has 39 heavy (non-hydrogen) atoms. The molecule has 0 aliphatic heterocycles. The fourth-order valence-electron chi connectivity index (χ4n) is 4.13. The summed E-state index contributed by atoms with van der Waals surface area (Å²) in [5.74, 6) is -3.10. The molecule has 2 aromatic carbocycles.